The van der Waals surface area contributed by atoms with Gasteiger partial charge in [-0.2, -0.15) is 0 Å². The highest BCUT2D eigenvalue weighted by Crippen LogP contribution is 2.48. The molecule has 0 aliphatic rings. The van der Waals surface area contributed by atoms with Crippen molar-refractivity contribution in [1.29, 1.82) is 0 Å². The summed E-state index contributed by atoms with van der Waals surface area (Å²) in [5, 5.41) is 10.6. The minimum absolute atomic E-state index is 0.0333. The average Bonchev–Trinajstić information content (AvgIpc) is 2.81. The van der Waals surface area contributed by atoms with Crippen LogP contribution in [-0.4, -0.2) is 28.7 Å². The van der Waals surface area contributed by atoms with Gasteiger partial charge in [-0.15, -0.1) is 0 Å². The monoisotopic (exact) mass is 483 g/mol. The van der Waals surface area contributed by atoms with E-state index in [0.717, 1.165) is 18.2 Å². The van der Waals surface area contributed by atoms with Crippen molar-refractivity contribution < 1.29 is 31.5 Å². The van der Waals surface area contributed by atoms with Crippen LogP contribution < -0.4 is 9.15 Å². The lowest BCUT2D eigenvalue weighted by molar-refractivity contribution is 0.438. The normalized spacial score (nSPS) is 14.2. The van der Waals surface area contributed by atoms with Gasteiger partial charge in [0, 0.05) is 18.2 Å². The Morgan fingerprint density at radius 2 is 1.89 bits per heavy atom. The Labute approximate surface area is 167 Å². The van der Waals surface area contributed by atoms with E-state index in [1.165, 1.54) is 0 Å². The second-order valence-electron chi connectivity index (χ2n) is 6.75. The molecule has 2 rings (SSSR count). The van der Waals surface area contributed by atoms with E-state index in [1.807, 2.05) is 19.6 Å². The zero-order valence-corrected chi connectivity index (χ0v) is 18.3. The van der Waals surface area contributed by atoms with E-state index in [4.69, 9.17) is 13.4 Å². The summed E-state index contributed by atoms with van der Waals surface area (Å²) in [4.78, 5) is -0.474. The number of alkyl halides is 1. The van der Waals surface area contributed by atoms with E-state index in [2.05, 4.69) is 20.7 Å². The van der Waals surface area contributed by atoms with Gasteiger partial charge in [0.25, 0.3) is 0 Å². The number of benzene rings is 1. The molecule has 2 unspecified atom stereocenters. The second kappa shape index (κ2) is 8.82. The number of hydrogen-bond donors (Lipinski definition) is 3. The van der Waals surface area contributed by atoms with Crippen molar-refractivity contribution >= 4 is 35.5 Å². The maximum Gasteiger partial charge on any atom is 0.242 e. The van der Waals surface area contributed by atoms with Crippen molar-refractivity contribution in [2.75, 3.05) is 6.54 Å². The fourth-order valence-electron chi connectivity index (χ4n) is 2.32. The zero-order valence-electron chi connectivity index (χ0n) is 14.9. The Kier molecular flexibility index (Phi) is 7.19. The van der Waals surface area contributed by atoms with Crippen LogP contribution in [-0.2, 0) is 11.3 Å². The van der Waals surface area contributed by atoms with Gasteiger partial charge in [-0.3, -0.25) is 4.55 Å². The van der Waals surface area contributed by atoms with E-state index in [1.54, 1.807) is 0 Å². The van der Waals surface area contributed by atoms with Crippen LogP contribution in [0.1, 0.15) is 17.0 Å². The lowest BCUT2D eigenvalue weighted by Gasteiger charge is -2.20. The minimum atomic E-state index is -2.16. The van der Waals surface area contributed by atoms with Gasteiger partial charge in [0.05, 0.1) is 4.83 Å². The lowest BCUT2D eigenvalue weighted by atomic mass is 10.1. The summed E-state index contributed by atoms with van der Waals surface area (Å²) in [5.41, 5.74) is 0.0333. The molecule has 0 aliphatic heterocycles. The van der Waals surface area contributed by atoms with Crippen molar-refractivity contribution in [3.8, 4) is 22.8 Å². The molecule has 0 radical (unpaired) electrons. The highest BCUT2D eigenvalue weighted by molar-refractivity contribution is 9.09. The molecule has 0 bridgehead atoms. The molecular formula is C16H20BrF2NO5SSi. The highest BCUT2D eigenvalue weighted by Gasteiger charge is 2.31. The predicted octanol–water partition coefficient (Wildman–Crippen LogP) is 4.70. The SMILES string of the molecule is C[Si](C)(C)Oc1c(C(Br)CCNS(=O)O)oc(-c2cc(F)cc(F)c2)c1O. The highest BCUT2D eigenvalue weighted by atomic mass is 79.9. The molecule has 11 heteroatoms. The molecular weight excluding hydrogens is 464 g/mol. The third kappa shape index (κ3) is 6.11. The van der Waals surface area contributed by atoms with Gasteiger partial charge in [0.15, 0.2) is 17.3 Å². The zero-order chi connectivity index (χ0) is 20.4. The molecule has 0 aliphatic carbocycles. The Hall–Kier alpha value is -1.27. The van der Waals surface area contributed by atoms with Crippen LogP contribution in [0.15, 0.2) is 22.6 Å². The summed E-state index contributed by atoms with van der Waals surface area (Å²) in [7, 11) is -2.16. The van der Waals surface area contributed by atoms with E-state index in [9.17, 15) is 18.1 Å². The maximum absolute atomic E-state index is 13.6. The molecule has 2 aromatic rings. The summed E-state index contributed by atoms with van der Waals surface area (Å²) in [6.07, 6.45) is 0.332. The molecule has 27 heavy (non-hydrogen) atoms. The van der Waals surface area contributed by atoms with Gasteiger partial charge < -0.3 is 13.9 Å². The molecule has 150 valence electrons. The smallest absolute Gasteiger partial charge is 0.242 e. The van der Waals surface area contributed by atoms with Crippen LogP contribution in [0.4, 0.5) is 8.78 Å². The van der Waals surface area contributed by atoms with Gasteiger partial charge in [-0.05, 0) is 38.2 Å². The van der Waals surface area contributed by atoms with E-state index >= 15 is 0 Å². The molecule has 0 saturated carbocycles. The average molecular weight is 484 g/mol. The van der Waals surface area contributed by atoms with E-state index < -0.39 is 36.0 Å². The second-order valence-corrected chi connectivity index (χ2v) is 13.1. The Bertz CT molecular complexity index is 823. The largest absolute Gasteiger partial charge is 0.539 e. The third-order valence-corrected chi connectivity index (χ3v) is 5.45. The van der Waals surface area contributed by atoms with Crippen molar-refractivity contribution in [2.24, 2.45) is 0 Å². The molecule has 1 aromatic heterocycles. The Morgan fingerprint density at radius 1 is 1.30 bits per heavy atom. The molecule has 1 aromatic carbocycles. The van der Waals surface area contributed by atoms with Gasteiger partial charge in [0.2, 0.25) is 25.3 Å². The Morgan fingerprint density at radius 3 is 2.41 bits per heavy atom. The molecule has 3 N–H and O–H groups in total. The quantitative estimate of drug-likeness (QED) is 0.287. The van der Waals surface area contributed by atoms with E-state index in [-0.39, 0.29) is 35.1 Å². The Balaban J connectivity index is 2.46. The first-order valence-electron chi connectivity index (χ1n) is 7.97. The van der Waals surface area contributed by atoms with Crippen molar-refractivity contribution in [3.63, 3.8) is 0 Å². The summed E-state index contributed by atoms with van der Waals surface area (Å²) >= 11 is 1.25. The number of hydrogen-bond acceptors (Lipinski definition) is 4. The maximum atomic E-state index is 13.6. The molecule has 0 spiro atoms. The first-order valence-corrected chi connectivity index (χ1v) is 13.4. The van der Waals surface area contributed by atoms with E-state index in [0.29, 0.717) is 6.42 Å². The summed E-state index contributed by atoms with van der Waals surface area (Å²) in [5.74, 6) is -1.73. The number of furan rings is 1. The van der Waals surface area contributed by atoms with Crippen LogP contribution >= 0.6 is 15.9 Å². The summed E-state index contributed by atoms with van der Waals surface area (Å²) in [6.45, 7) is 5.90. The first kappa shape index (κ1) is 22.0. The number of nitrogens with one attached hydrogen (secondary N) is 1. The first-order chi connectivity index (χ1) is 12.5. The van der Waals surface area contributed by atoms with Crippen molar-refractivity contribution in [3.05, 3.63) is 35.6 Å². The standard InChI is InChI=1S/C16H20BrF2NO5SSi/c1-27(2,3)25-16-13(21)14(9-6-10(18)8-11(19)7-9)24-15(16)12(17)4-5-20-26(22)23/h6-8,12,20-21H,4-5H2,1-3H3,(H,22,23). The van der Waals surface area contributed by atoms with Crippen molar-refractivity contribution in [2.45, 2.75) is 30.9 Å². The van der Waals surface area contributed by atoms with Crippen LogP contribution in [0.25, 0.3) is 11.3 Å². The van der Waals surface area contributed by atoms with Gasteiger partial charge in [-0.25, -0.2) is 17.7 Å². The number of halogens is 3. The molecule has 2 atom stereocenters. The van der Waals surface area contributed by atoms with Gasteiger partial charge in [-0.1, -0.05) is 15.9 Å². The third-order valence-electron chi connectivity index (χ3n) is 3.31. The molecule has 0 fully saturated rings. The lowest BCUT2D eigenvalue weighted by Crippen LogP contribution is -2.29. The number of rotatable bonds is 8. The minimum Gasteiger partial charge on any atom is -0.539 e. The molecule has 0 saturated heterocycles. The number of aromatic hydroxyl groups is 1. The fraction of sp³-hybridized carbons (Fsp3) is 0.375. The molecule has 6 nitrogen and oxygen atoms in total. The summed E-state index contributed by atoms with van der Waals surface area (Å²) < 4.78 is 60.6. The predicted molar refractivity (Wildman–Crippen MR) is 105 cm³/mol. The fourth-order valence-corrected chi connectivity index (χ4v) is 3.95. The van der Waals surface area contributed by atoms with Crippen LogP contribution in [0.2, 0.25) is 19.6 Å². The summed E-state index contributed by atoms with van der Waals surface area (Å²) in [6, 6.07) is 2.81. The van der Waals surface area contributed by atoms with Crippen molar-refractivity contribution in [1.82, 2.24) is 4.72 Å². The molecule has 1 heterocycles. The topological polar surface area (TPSA) is 91.9 Å². The van der Waals surface area contributed by atoms with Crippen LogP contribution in [0.3, 0.4) is 0 Å². The van der Waals surface area contributed by atoms with Crippen LogP contribution in [0.5, 0.6) is 11.5 Å². The van der Waals surface area contributed by atoms with Gasteiger partial charge in [0.1, 0.15) is 11.6 Å². The van der Waals surface area contributed by atoms with Crippen LogP contribution in [0, 0.1) is 11.6 Å². The van der Waals surface area contributed by atoms with Gasteiger partial charge >= 0.3 is 0 Å². The molecule has 0 amide bonds.